The van der Waals surface area contributed by atoms with Crippen LogP contribution in [0.4, 0.5) is 16.4 Å². The predicted octanol–water partition coefficient (Wildman–Crippen LogP) is 4.86. The summed E-state index contributed by atoms with van der Waals surface area (Å²) >= 11 is 1.56. The number of nitrogens with zero attached hydrogens (tertiary/aromatic N) is 2. The fourth-order valence-corrected chi connectivity index (χ4v) is 2.89. The van der Waals surface area contributed by atoms with Gasteiger partial charge in [0.05, 0.1) is 0 Å². The summed E-state index contributed by atoms with van der Waals surface area (Å²) in [5, 5.41) is 3.18. The molecule has 6 nitrogen and oxygen atoms in total. The van der Waals surface area contributed by atoms with Crippen LogP contribution in [0, 0.1) is 0 Å². The lowest BCUT2D eigenvalue weighted by atomic mass is 10.1. The average molecular weight is 355 g/mol. The Kier molecular flexibility index (Phi) is 8.89. The zero-order valence-corrected chi connectivity index (χ0v) is 16.0. The van der Waals surface area contributed by atoms with Gasteiger partial charge in [-0.05, 0) is 27.2 Å². The highest BCUT2D eigenvalue weighted by molar-refractivity contribution is 7.99. The molecule has 0 saturated carbocycles. The van der Waals surface area contributed by atoms with Crippen molar-refractivity contribution < 1.29 is 9.53 Å². The highest BCUT2D eigenvalue weighted by Gasteiger charge is 2.17. The molecule has 1 heterocycles. The van der Waals surface area contributed by atoms with Gasteiger partial charge in [0.1, 0.15) is 17.2 Å². The van der Waals surface area contributed by atoms with Gasteiger partial charge in [-0.2, -0.15) is 0 Å². The highest BCUT2D eigenvalue weighted by Crippen LogP contribution is 2.20. The first-order chi connectivity index (χ1) is 11.3. The molecule has 3 N–H and O–H groups in total. The van der Waals surface area contributed by atoms with Crippen molar-refractivity contribution in [2.24, 2.45) is 0 Å². The minimum absolute atomic E-state index is 0.335. The molecule has 0 unspecified atom stereocenters. The van der Waals surface area contributed by atoms with Gasteiger partial charge in [0.25, 0.3) is 0 Å². The molecule has 0 fully saturated rings. The van der Waals surface area contributed by atoms with Gasteiger partial charge in [0.15, 0.2) is 5.16 Å². The summed E-state index contributed by atoms with van der Waals surface area (Å²) < 4.78 is 5.21. The highest BCUT2D eigenvalue weighted by atomic mass is 32.2. The van der Waals surface area contributed by atoms with E-state index in [1.54, 1.807) is 11.8 Å². The lowest BCUT2D eigenvalue weighted by Crippen LogP contribution is -2.27. The van der Waals surface area contributed by atoms with Gasteiger partial charge in [0.2, 0.25) is 0 Å². The number of carbonyl (C=O) groups is 1. The number of nitrogens with one attached hydrogen (secondary N) is 1. The molecule has 0 aliphatic heterocycles. The van der Waals surface area contributed by atoms with E-state index >= 15 is 0 Å². The van der Waals surface area contributed by atoms with Crippen LogP contribution in [-0.4, -0.2) is 27.4 Å². The van der Waals surface area contributed by atoms with E-state index in [2.05, 4.69) is 22.2 Å². The van der Waals surface area contributed by atoms with Crippen molar-refractivity contribution in [3.8, 4) is 0 Å². The summed E-state index contributed by atoms with van der Waals surface area (Å²) in [6.45, 7) is 7.64. The van der Waals surface area contributed by atoms with E-state index in [1.807, 2.05) is 20.8 Å². The third kappa shape index (κ3) is 9.60. The Balaban J connectivity index is 2.44. The van der Waals surface area contributed by atoms with Crippen LogP contribution in [0.2, 0.25) is 0 Å². The van der Waals surface area contributed by atoms with Crippen molar-refractivity contribution in [3.05, 3.63) is 6.07 Å². The van der Waals surface area contributed by atoms with Crippen molar-refractivity contribution in [2.75, 3.05) is 16.8 Å². The zero-order chi connectivity index (χ0) is 18.0. The molecule has 136 valence electrons. The van der Waals surface area contributed by atoms with E-state index in [0.717, 1.165) is 12.2 Å². The SMILES string of the molecule is CCCCCCCCSc1nc(N)cc(NC(=O)OC(C)(C)C)n1. The maximum Gasteiger partial charge on any atom is 0.413 e. The number of hydrogen-bond donors (Lipinski definition) is 2. The Labute approximate surface area is 149 Å². The molecule has 0 aliphatic rings. The first kappa shape index (κ1) is 20.5. The second-order valence-corrected chi connectivity index (χ2v) is 7.77. The van der Waals surface area contributed by atoms with E-state index in [-0.39, 0.29) is 0 Å². The van der Waals surface area contributed by atoms with Gasteiger partial charge in [-0.3, -0.25) is 5.32 Å². The molecule has 0 atom stereocenters. The Hall–Kier alpha value is -1.50. The van der Waals surface area contributed by atoms with E-state index < -0.39 is 11.7 Å². The summed E-state index contributed by atoms with van der Waals surface area (Å²) in [7, 11) is 0. The second kappa shape index (κ2) is 10.4. The number of rotatable bonds is 9. The zero-order valence-electron chi connectivity index (χ0n) is 15.2. The molecule has 7 heteroatoms. The van der Waals surface area contributed by atoms with E-state index in [1.165, 1.54) is 38.2 Å². The number of hydrogen-bond acceptors (Lipinski definition) is 6. The standard InChI is InChI=1S/C17H30N4O2S/c1-5-6-7-8-9-10-11-24-15-19-13(18)12-14(20-15)21-16(22)23-17(2,3)4/h12H,5-11H2,1-4H3,(H3,18,19,20,21,22). The fraction of sp³-hybridized carbons (Fsp3) is 0.706. The van der Waals surface area contributed by atoms with E-state index in [0.29, 0.717) is 16.8 Å². The summed E-state index contributed by atoms with van der Waals surface area (Å²) in [5.74, 6) is 1.64. The number of nitrogens with two attached hydrogens (primary N) is 1. The van der Waals surface area contributed by atoms with E-state index in [4.69, 9.17) is 10.5 Å². The molecular weight excluding hydrogens is 324 g/mol. The van der Waals surface area contributed by atoms with Crippen LogP contribution in [0.5, 0.6) is 0 Å². The predicted molar refractivity (Wildman–Crippen MR) is 100 cm³/mol. The fourth-order valence-electron chi connectivity index (χ4n) is 2.03. The second-order valence-electron chi connectivity index (χ2n) is 6.70. The summed E-state index contributed by atoms with van der Waals surface area (Å²) in [6, 6.07) is 1.53. The maximum absolute atomic E-state index is 11.8. The molecule has 1 rings (SSSR count). The van der Waals surface area contributed by atoms with Crippen LogP contribution in [0.15, 0.2) is 11.2 Å². The summed E-state index contributed by atoms with van der Waals surface area (Å²) in [5.41, 5.74) is 5.23. The van der Waals surface area contributed by atoms with E-state index in [9.17, 15) is 4.79 Å². The minimum Gasteiger partial charge on any atom is -0.444 e. The van der Waals surface area contributed by atoms with Crippen molar-refractivity contribution >= 4 is 29.5 Å². The van der Waals surface area contributed by atoms with Crippen molar-refractivity contribution in [2.45, 2.75) is 77.0 Å². The number of aromatic nitrogens is 2. The number of thioether (sulfide) groups is 1. The van der Waals surface area contributed by atoms with Crippen LogP contribution in [0.25, 0.3) is 0 Å². The number of carbonyl (C=O) groups excluding carboxylic acids is 1. The van der Waals surface area contributed by atoms with Crippen molar-refractivity contribution in [1.29, 1.82) is 0 Å². The third-order valence-electron chi connectivity index (χ3n) is 3.08. The largest absolute Gasteiger partial charge is 0.444 e. The van der Waals surface area contributed by atoms with Crippen LogP contribution >= 0.6 is 11.8 Å². The van der Waals surface area contributed by atoms with Gasteiger partial charge >= 0.3 is 6.09 Å². The Morgan fingerprint density at radius 1 is 1.21 bits per heavy atom. The molecule has 0 aromatic carbocycles. The number of ether oxygens (including phenoxy) is 1. The van der Waals surface area contributed by atoms with Crippen LogP contribution < -0.4 is 11.1 Å². The first-order valence-corrected chi connectivity index (χ1v) is 9.56. The van der Waals surface area contributed by atoms with Crippen LogP contribution in [0.1, 0.15) is 66.2 Å². The smallest absolute Gasteiger partial charge is 0.413 e. The van der Waals surface area contributed by atoms with Crippen LogP contribution in [0.3, 0.4) is 0 Å². The van der Waals surface area contributed by atoms with Gasteiger partial charge in [0, 0.05) is 11.8 Å². The van der Waals surface area contributed by atoms with Gasteiger partial charge < -0.3 is 10.5 Å². The Morgan fingerprint density at radius 2 is 1.88 bits per heavy atom. The topological polar surface area (TPSA) is 90.1 Å². The molecule has 1 amide bonds. The van der Waals surface area contributed by atoms with Gasteiger partial charge in [-0.25, -0.2) is 14.8 Å². The molecule has 1 aromatic heterocycles. The lowest BCUT2D eigenvalue weighted by Gasteiger charge is -2.19. The van der Waals surface area contributed by atoms with Gasteiger partial charge in [-0.1, -0.05) is 50.8 Å². The molecule has 0 aliphatic carbocycles. The molecule has 0 bridgehead atoms. The molecular formula is C17H30N4O2S. The molecule has 0 radical (unpaired) electrons. The summed E-state index contributed by atoms with van der Waals surface area (Å²) in [6.07, 6.45) is 6.95. The van der Waals surface area contributed by atoms with Crippen LogP contribution in [-0.2, 0) is 4.74 Å². The normalized spacial score (nSPS) is 11.3. The van der Waals surface area contributed by atoms with Gasteiger partial charge in [-0.15, -0.1) is 0 Å². The quantitative estimate of drug-likeness (QED) is 0.374. The third-order valence-corrected chi connectivity index (χ3v) is 4.02. The molecule has 0 saturated heterocycles. The first-order valence-electron chi connectivity index (χ1n) is 8.57. The average Bonchev–Trinajstić information content (AvgIpc) is 2.43. The Morgan fingerprint density at radius 3 is 2.54 bits per heavy atom. The molecule has 0 spiro atoms. The monoisotopic (exact) mass is 354 g/mol. The number of anilines is 2. The number of nitrogen functional groups attached to an aromatic ring is 1. The lowest BCUT2D eigenvalue weighted by molar-refractivity contribution is 0.0635. The molecule has 1 aromatic rings. The van der Waals surface area contributed by atoms with Crippen molar-refractivity contribution in [1.82, 2.24) is 9.97 Å². The maximum atomic E-state index is 11.8. The minimum atomic E-state index is -0.558. The van der Waals surface area contributed by atoms with Crippen molar-refractivity contribution in [3.63, 3.8) is 0 Å². The number of unbranched alkanes of at least 4 members (excludes halogenated alkanes) is 5. The Bertz CT molecular complexity index is 518. The number of amides is 1. The molecule has 24 heavy (non-hydrogen) atoms. The summed E-state index contributed by atoms with van der Waals surface area (Å²) in [4.78, 5) is 20.3.